The number of hydrogen-bond donors (Lipinski definition) is 2. The van der Waals surface area contributed by atoms with Crippen LogP contribution in [-0.4, -0.2) is 34.4 Å². The summed E-state index contributed by atoms with van der Waals surface area (Å²) in [5, 5.41) is 6.51. The molecule has 0 fully saturated rings. The topological polar surface area (TPSA) is 98.1 Å². The van der Waals surface area contributed by atoms with E-state index in [2.05, 4.69) is 10.2 Å². The lowest BCUT2D eigenvalue weighted by molar-refractivity contribution is -0.128. The quantitative estimate of drug-likeness (QED) is 0.707. The number of allylic oxidation sites excluding steroid dienone is 2. The summed E-state index contributed by atoms with van der Waals surface area (Å²) in [6.45, 7) is 0. The van der Waals surface area contributed by atoms with Gasteiger partial charge in [-0.3, -0.25) is 14.7 Å². The number of hydrogen-bond acceptors (Lipinski definition) is 5. The van der Waals surface area contributed by atoms with Gasteiger partial charge in [-0.15, -0.1) is 0 Å². The smallest absolute Gasteiger partial charge is 0.194 e. The van der Waals surface area contributed by atoms with Gasteiger partial charge in [0.2, 0.25) is 0 Å². The Hall–Kier alpha value is -2.21. The van der Waals surface area contributed by atoms with Crippen molar-refractivity contribution in [3.63, 3.8) is 0 Å². The number of nitrogens with one attached hydrogen (secondary N) is 1. The van der Waals surface area contributed by atoms with Crippen molar-refractivity contribution in [3.8, 4) is 0 Å². The Labute approximate surface area is 104 Å². The van der Waals surface area contributed by atoms with Crippen LogP contribution < -0.4 is 5.73 Å². The van der Waals surface area contributed by atoms with Crippen LogP contribution in [0.1, 0.15) is 5.69 Å². The predicted molar refractivity (Wildman–Crippen MR) is 63.4 cm³/mol. The van der Waals surface area contributed by atoms with Gasteiger partial charge in [0.15, 0.2) is 11.9 Å². The van der Waals surface area contributed by atoms with Crippen molar-refractivity contribution in [1.29, 1.82) is 0 Å². The Balaban J connectivity index is 2.04. The molecule has 94 valence electrons. The number of carbonyl (C=O) groups is 2. The molecule has 1 aromatic rings. The summed E-state index contributed by atoms with van der Waals surface area (Å²) in [6, 6.07) is 0.996. The molecule has 0 aromatic carbocycles. The lowest BCUT2D eigenvalue weighted by Crippen LogP contribution is -2.42. The fourth-order valence-electron chi connectivity index (χ4n) is 1.70. The van der Waals surface area contributed by atoms with E-state index in [1.165, 1.54) is 6.26 Å². The van der Waals surface area contributed by atoms with Gasteiger partial charge in [0, 0.05) is 23.9 Å². The first kappa shape index (κ1) is 12.3. The maximum Gasteiger partial charge on any atom is 0.194 e. The minimum atomic E-state index is -0.912. The molecule has 3 N–H and O–H groups in total. The van der Waals surface area contributed by atoms with Gasteiger partial charge >= 0.3 is 0 Å². The van der Waals surface area contributed by atoms with Crippen LogP contribution in [0.2, 0.25) is 0 Å². The molecule has 0 saturated heterocycles. The molecule has 6 heteroatoms. The standard InChI is InChI=1S/C12H13N3O3/c13-10(6-9-3-4-14-15-9)11(17)12-8(7-16)2-1-5-18-12/h1-5,7,10,12H,6,13H2,(H,14,15)/t10-,12?/m0/s1. The minimum absolute atomic E-state index is 0.280. The van der Waals surface area contributed by atoms with Gasteiger partial charge in [-0.25, -0.2) is 0 Å². The summed E-state index contributed by atoms with van der Waals surface area (Å²) in [7, 11) is 0. The number of nitrogens with two attached hydrogens (primary N) is 1. The largest absolute Gasteiger partial charge is 0.485 e. The summed E-state index contributed by atoms with van der Waals surface area (Å²) in [4.78, 5) is 22.9. The first-order chi connectivity index (χ1) is 8.72. The number of carbonyl (C=O) groups excluding carboxylic acids is 2. The molecular weight excluding hydrogens is 234 g/mol. The number of aromatic nitrogens is 2. The average molecular weight is 247 g/mol. The fraction of sp³-hybridized carbons (Fsp3) is 0.250. The zero-order chi connectivity index (χ0) is 13.0. The first-order valence-corrected chi connectivity index (χ1v) is 5.47. The summed E-state index contributed by atoms with van der Waals surface area (Å²) >= 11 is 0. The van der Waals surface area contributed by atoms with Crippen LogP contribution in [0, 0.1) is 0 Å². The van der Waals surface area contributed by atoms with Gasteiger partial charge in [-0.1, -0.05) is 0 Å². The molecule has 0 radical (unpaired) electrons. The molecule has 6 nitrogen and oxygen atoms in total. The van der Waals surface area contributed by atoms with Crippen LogP contribution in [0.3, 0.4) is 0 Å². The molecule has 18 heavy (non-hydrogen) atoms. The number of Topliss-reactive ketones (excluding diaryl/α,β-unsaturated/α-hetero) is 1. The normalized spacial score (nSPS) is 19.8. The lowest BCUT2D eigenvalue weighted by atomic mass is 9.97. The van der Waals surface area contributed by atoms with E-state index in [-0.39, 0.29) is 11.4 Å². The van der Waals surface area contributed by atoms with Crippen molar-refractivity contribution < 1.29 is 14.3 Å². The monoisotopic (exact) mass is 247 g/mol. The molecule has 1 aliphatic rings. The molecule has 0 amide bonds. The molecular formula is C12H13N3O3. The summed E-state index contributed by atoms with van der Waals surface area (Å²) in [5.74, 6) is -0.327. The Morgan fingerprint density at radius 2 is 2.50 bits per heavy atom. The second-order valence-electron chi connectivity index (χ2n) is 3.92. The van der Waals surface area contributed by atoms with Gasteiger partial charge < -0.3 is 10.5 Å². The maximum atomic E-state index is 12.1. The highest BCUT2D eigenvalue weighted by atomic mass is 16.5. The van der Waals surface area contributed by atoms with Crippen molar-refractivity contribution >= 4 is 12.1 Å². The zero-order valence-corrected chi connectivity index (χ0v) is 9.58. The van der Waals surface area contributed by atoms with E-state index in [1.54, 1.807) is 24.4 Å². The fourth-order valence-corrected chi connectivity index (χ4v) is 1.70. The highest BCUT2D eigenvalue weighted by molar-refractivity contribution is 5.97. The third-order valence-electron chi connectivity index (χ3n) is 2.64. The van der Waals surface area contributed by atoms with Crippen LogP contribution in [0.15, 0.2) is 36.3 Å². The van der Waals surface area contributed by atoms with Crippen LogP contribution in [0.25, 0.3) is 0 Å². The highest BCUT2D eigenvalue weighted by Crippen LogP contribution is 2.14. The summed E-state index contributed by atoms with van der Waals surface area (Å²) < 4.78 is 5.15. The Kier molecular flexibility index (Phi) is 3.69. The van der Waals surface area contributed by atoms with Gasteiger partial charge in [-0.05, 0) is 18.2 Å². The number of H-pyrrole nitrogens is 1. The van der Waals surface area contributed by atoms with E-state index < -0.39 is 12.1 Å². The molecule has 1 unspecified atom stereocenters. The number of aromatic amines is 1. The van der Waals surface area contributed by atoms with E-state index >= 15 is 0 Å². The molecule has 0 spiro atoms. The van der Waals surface area contributed by atoms with Gasteiger partial charge in [-0.2, -0.15) is 5.10 Å². The van der Waals surface area contributed by atoms with Crippen LogP contribution in [0.5, 0.6) is 0 Å². The third-order valence-corrected chi connectivity index (χ3v) is 2.64. The Morgan fingerprint density at radius 1 is 1.67 bits per heavy atom. The molecule has 2 rings (SSSR count). The lowest BCUT2D eigenvalue weighted by Gasteiger charge is -2.20. The van der Waals surface area contributed by atoms with Crippen molar-refractivity contribution in [3.05, 3.63) is 41.9 Å². The molecule has 1 aromatic heterocycles. The van der Waals surface area contributed by atoms with Crippen molar-refractivity contribution in [2.75, 3.05) is 0 Å². The second-order valence-corrected chi connectivity index (χ2v) is 3.92. The van der Waals surface area contributed by atoms with Gasteiger partial charge in [0.1, 0.15) is 6.29 Å². The number of ether oxygens (including phenoxy) is 1. The number of nitrogens with zero attached hydrogens (tertiary/aromatic N) is 1. The number of aldehydes is 1. The van der Waals surface area contributed by atoms with Crippen LogP contribution in [0.4, 0.5) is 0 Å². The van der Waals surface area contributed by atoms with E-state index in [1.807, 2.05) is 0 Å². The number of ketones is 1. The van der Waals surface area contributed by atoms with E-state index in [0.29, 0.717) is 12.7 Å². The SMILES string of the molecule is N[C@@H](Cc1ccn[nH]1)C(=O)C1OC=CC=C1C=O. The number of rotatable bonds is 5. The average Bonchev–Trinajstić information content (AvgIpc) is 2.90. The van der Waals surface area contributed by atoms with Gasteiger partial charge in [0.25, 0.3) is 0 Å². The molecule has 2 heterocycles. The highest BCUT2D eigenvalue weighted by Gasteiger charge is 2.29. The zero-order valence-electron chi connectivity index (χ0n) is 9.58. The van der Waals surface area contributed by atoms with Gasteiger partial charge in [0.05, 0.1) is 12.3 Å². The van der Waals surface area contributed by atoms with E-state index in [4.69, 9.17) is 10.5 Å². The first-order valence-electron chi connectivity index (χ1n) is 5.47. The minimum Gasteiger partial charge on any atom is -0.485 e. The molecule has 1 aliphatic heterocycles. The van der Waals surface area contributed by atoms with E-state index in [9.17, 15) is 9.59 Å². The Morgan fingerprint density at radius 3 is 3.17 bits per heavy atom. The van der Waals surface area contributed by atoms with Crippen LogP contribution >= 0.6 is 0 Å². The third kappa shape index (κ3) is 2.54. The second kappa shape index (κ2) is 5.42. The summed E-state index contributed by atoms with van der Waals surface area (Å²) in [5.41, 5.74) is 6.85. The van der Waals surface area contributed by atoms with Crippen molar-refractivity contribution in [1.82, 2.24) is 10.2 Å². The maximum absolute atomic E-state index is 12.1. The molecule has 2 atom stereocenters. The van der Waals surface area contributed by atoms with Crippen molar-refractivity contribution in [2.45, 2.75) is 18.6 Å². The summed E-state index contributed by atoms with van der Waals surface area (Å²) in [6.07, 6.45) is 6.09. The van der Waals surface area contributed by atoms with E-state index in [0.717, 1.165) is 5.69 Å². The molecule has 0 bridgehead atoms. The van der Waals surface area contributed by atoms with Crippen molar-refractivity contribution in [2.24, 2.45) is 5.73 Å². The molecule has 0 saturated carbocycles. The Bertz CT molecular complexity index is 491. The molecule has 0 aliphatic carbocycles. The van der Waals surface area contributed by atoms with Crippen LogP contribution in [-0.2, 0) is 20.7 Å². The predicted octanol–water partition coefficient (Wildman–Crippen LogP) is -0.114.